The Morgan fingerprint density at radius 2 is 2.10 bits per heavy atom. The average molecular weight is 289 g/mol. The van der Waals surface area contributed by atoms with E-state index in [-0.39, 0.29) is 30.6 Å². The Bertz CT molecular complexity index is 544. The smallest absolute Gasteiger partial charge is 0.410 e. The lowest BCUT2D eigenvalue weighted by molar-refractivity contribution is -0.139. The van der Waals surface area contributed by atoms with Crippen molar-refractivity contribution in [2.45, 2.75) is 38.3 Å². The molecule has 2 atom stereocenters. The molecular weight excluding hydrogens is 270 g/mol. The minimum Gasteiger partial charge on any atom is -0.481 e. The largest absolute Gasteiger partial charge is 0.481 e. The number of rotatable bonds is 4. The van der Waals surface area contributed by atoms with E-state index >= 15 is 0 Å². The van der Waals surface area contributed by atoms with Crippen LogP contribution in [0.5, 0.6) is 0 Å². The lowest BCUT2D eigenvalue weighted by atomic mass is 9.84. The minimum absolute atomic E-state index is 0.145. The SMILES string of the molecule is O=C(O)CC12CCC(C1)N(C(=O)OCc1ccccc1)C2. The first-order chi connectivity index (χ1) is 10.1. The summed E-state index contributed by atoms with van der Waals surface area (Å²) in [5, 5.41) is 9.03. The van der Waals surface area contributed by atoms with E-state index in [1.807, 2.05) is 30.3 Å². The molecule has 1 amide bonds. The van der Waals surface area contributed by atoms with E-state index in [1.54, 1.807) is 4.90 Å². The van der Waals surface area contributed by atoms with E-state index in [1.165, 1.54) is 0 Å². The van der Waals surface area contributed by atoms with Gasteiger partial charge in [-0.25, -0.2) is 4.79 Å². The zero-order chi connectivity index (χ0) is 14.9. The van der Waals surface area contributed by atoms with Crippen LogP contribution in [0.25, 0.3) is 0 Å². The number of hydrogen-bond donors (Lipinski definition) is 1. The number of carbonyl (C=O) groups is 2. The highest BCUT2D eigenvalue weighted by atomic mass is 16.6. The van der Waals surface area contributed by atoms with Crippen molar-refractivity contribution in [1.82, 2.24) is 4.90 Å². The van der Waals surface area contributed by atoms with Crippen LogP contribution < -0.4 is 0 Å². The third-order valence-electron chi connectivity index (χ3n) is 4.59. The predicted molar refractivity (Wildman–Crippen MR) is 75.7 cm³/mol. The molecule has 2 unspecified atom stereocenters. The summed E-state index contributed by atoms with van der Waals surface area (Å²) in [6.07, 6.45) is 2.39. The van der Waals surface area contributed by atoms with Gasteiger partial charge in [0.05, 0.1) is 6.42 Å². The number of carbonyl (C=O) groups excluding carboxylic acids is 1. The third-order valence-corrected chi connectivity index (χ3v) is 4.59. The maximum Gasteiger partial charge on any atom is 0.410 e. The summed E-state index contributed by atoms with van der Waals surface area (Å²) in [6, 6.07) is 9.70. The molecule has 1 aromatic rings. The van der Waals surface area contributed by atoms with Gasteiger partial charge < -0.3 is 14.7 Å². The van der Waals surface area contributed by atoms with Gasteiger partial charge in [-0.1, -0.05) is 30.3 Å². The molecule has 3 rings (SSSR count). The van der Waals surface area contributed by atoms with Gasteiger partial charge in [-0.15, -0.1) is 0 Å². The van der Waals surface area contributed by atoms with E-state index < -0.39 is 5.97 Å². The Morgan fingerprint density at radius 1 is 1.33 bits per heavy atom. The third kappa shape index (κ3) is 2.86. The summed E-state index contributed by atoms with van der Waals surface area (Å²) in [5.41, 5.74) is 0.720. The fourth-order valence-electron chi connectivity index (χ4n) is 3.63. The van der Waals surface area contributed by atoms with Crippen molar-refractivity contribution in [2.24, 2.45) is 5.41 Å². The quantitative estimate of drug-likeness (QED) is 0.925. The van der Waals surface area contributed by atoms with Crippen molar-refractivity contribution in [1.29, 1.82) is 0 Å². The van der Waals surface area contributed by atoms with E-state index in [0.717, 1.165) is 24.8 Å². The monoisotopic (exact) mass is 289 g/mol. The number of fused-ring (bicyclic) bond motifs is 2. The van der Waals surface area contributed by atoms with Crippen LogP contribution in [0.1, 0.15) is 31.2 Å². The van der Waals surface area contributed by atoms with Crippen molar-refractivity contribution in [3.05, 3.63) is 35.9 Å². The van der Waals surface area contributed by atoms with Gasteiger partial charge in [0.1, 0.15) is 6.61 Å². The Hall–Kier alpha value is -2.04. The summed E-state index contributed by atoms with van der Waals surface area (Å²) >= 11 is 0. The van der Waals surface area contributed by atoms with E-state index in [2.05, 4.69) is 0 Å². The molecular formula is C16H19NO4. The molecule has 1 aliphatic carbocycles. The van der Waals surface area contributed by atoms with Crippen LogP contribution in [0.2, 0.25) is 0 Å². The van der Waals surface area contributed by atoms with Crippen LogP contribution in [-0.2, 0) is 16.1 Å². The lowest BCUT2D eigenvalue weighted by Crippen LogP contribution is -2.40. The van der Waals surface area contributed by atoms with Gasteiger partial charge in [-0.05, 0) is 24.8 Å². The lowest BCUT2D eigenvalue weighted by Gasteiger charge is -2.31. The molecule has 0 spiro atoms. The molecule has 0 aromatic heterocycles. The van der Waals surface area contributed by atoms with E-state index in [9.17, 15) is 9.59 Å². The van der Waals surface area contributed by atoms with Gasteiger partial charge in [0.2, 0.25) is 0 Å². The van der Waals surface area contributed by atoms with Crippen molar-refractivity contribution in [3.63, 3.8) is 0 Å². The van der Waals surface area contributed by atoms with Crippen LogP contribution in [0.3, 0.4) is 0 Å². The number of carboxylic acids is 1. The second-order valence-electron chi connectivity index (χ2n) is 6.14. The highest BCUT2D eigenvalue weighted by molar-refractivity contribution is 5.71. The van der Waals surface area contributed by atoms with Crippen molar-refractivity contribution in [2.75, 3.05) is 6.54 Å². The first kappa shape index (κ1) is 13.9. The van der Waals surface area contributed by atoms with Crippen LogP contribution in [0, 0.1) is 5.41 Å². The van der Waals surface area contributed by atoms with Crippen LogP contribution in [0.4, 0.5) is 4.79 Å². The average Bonchev–Trinajstić information content (AvgIpc) is 3.02. The summed E-state index contributed by atoms with van der Waals surface area (Å²) < 4.78 is 5.35. The Morgan fingerprint density at radius 3 is 2.81 bits per heavy atom. The summed E-state index contributed by atoms with van der Waals surface area (Å²) in [4.78, 5) is 24.9. The number of nitrogens with zero attached hydrogens (tertiary/aromatic N) is 1. The Balaban J connectivity index is 1.58. The summed E-state index contributed by atoms with van der Waals surface area (Å²) in [7, 11) is 0. The molecule has 1 saturated heterocycles. The topological polar surface area (TPSA) is 66.8 Å². The molecule has 5 heteroatoms. The summed E-state index contributed by atoms with van der Waals surface area (Å²) in [6.45, 7) is 0.770. The molecule has 1 aliphatic heterocycles. The molecule has 1 saturated carbocycles. The van der Waals surface area contributed by atoms with Gasteiger partial charge in [0.15, 0.2) is 0 Å². The van der Waals surface area contributed by atoms with E-state index in [4.69, 9.17) is 9.84 Å². The Labute approximate surface area is 123 Å². The number of carboxylic acid groups (broad SMARTS) is 1. The zero-order valence-corrected chi connectivity index (χ0v) is 11.8. The number of hydrogen-bond acceptors (Lipinski definition) is 3. The van der Waals surface area contributed by atoms with E-state index in [0.29, 0.717) is 6.54 Å². The van der Waals surface area contributed by atoms with Gasteiger partial charge in [0, 0.05) is 18.0 Å². The fraction of sp³-hybridized carbons (Fsp3) is 0.500. The van der Waals surface area contributed by atoms with Gasteiger partial charge >= 0.3 is 12.1 Å². The van der Waals surface area contributed by atoms with Crippen LogP contribution >= 0.6 is 0 Å². The number of ether oxygens (including phenoxy) is 1. The first-order valence-electron chi connectivity index (χ1n) is 7.27. The maximum atomic E-state index is 12.2. The molecule has 5 nitrogen and oxygen atoms in total. The molecule has 2 bridgehead atoms. The highest BCUT2D eigenvalue weighted by Crippen LogP contribution is 2.50. The number of benzene rings is 1. The van der Waals surface area contributed by atoms with Crippen molar-refractivity contribution in [3.8, 4) is 0 Å². The molecule has 1 aromatic carbocycles. The van der Waals surface area contributed by atoms with Gasteiger partial charge in [-0.3, -0.25) is 4.79 Å². The number of piperidine rings is 1. The predicted octanol–water partition coefficient (Wildman–Crippen LogP) is 2.65. The van der Waals surface area contributed by atoms with Gasteiger partial charge in [-0.2, -0.15) is 0 Å². The standard InChI is InChI=1S/C16H19NO4/c18-14(19)9-16-7-6-13(8-16)17(11-16)15(20)21-10-12-4-2-1-3-5-12/h1-5,13H,6-11H2,(H,18,19). The number of likely N-dealkylation sites (tertiary alicyclic amines) is 1. The zero-order valence-electron chi connectivity index (χ0n) is 11.8. The summed E-state index contributed by atoms with van der Waals surface area (Å²) in [5.74, 6) is -0.782. The van der Waals surface area contributed by atoms with Crippen LogP contribution in [0.15, 0.2) is 30.3 Å². The van der Waals surface area contributed by atoms with Crippen molar-refractivity contribution >= 4 is 12.1 Å². The molecule has 21 heavy (non-hydrogen) atoms. The second-order valence-corrected chi connectivity index (χ2v) is 6.14. The maximum absolute atomic E-state index is 12.2. The molecule has 2 aliphatic rings. The number of amides is 1. The second kappa shape index (κ2) is 5.39. The van der Waals surface area contributed by atoms with Crippen molar-refractivity contribution < 1.29 is 19.4 Å². The first-order valence-corrected chi connectivity index (χ1v) is 7.27. The Kier molecular flexibility index (Phi) is 3.57. The highest BCUT2D eigenvalue weighted by Gasteiger charge is 2.52. The molecule has 2 fully saturated rings. The number of aliphatic carboxylic acids is 1. The molecule has 1 heterocycles. The van der Waals surface area contributed by atoms with Gasteiger partial charge in [0.25, 0.3) is 0 Å². The normalized spacial score (nSPS) is 26.9. The van der Waals surface area contributed by atoms with Crippen LogP contribution in [-0.4, -0.2) is 34.7 Å². The fourth-order valence-corrected chi connectivity index (χ4v) is 3.63. The molecule has 1 N–H and O–H groups in total. The molecule has 0 radical (unpaired) electrons. The minimum atomic E-state index is -0.782. The molecule has 112 valence electrons.